The number of hydrogen-bond donors (Lipinski definition) is 1. The molecule has 3 rings (SSSR count). The van der Waals surface area contributed by atoms with Crippen LogP contribution in [0.4, 0.5) is 13.2 Å². The predicted molar refractivity (Wildman–Crippen MR) is 77.3 cm³/mol. The molecule has 0 unspecified atom stereocenters. The summed E-state index contributed by atoms with van der Waals surface area (Å²) in [4.78, 5) is 19.1. The van der Waals surface area contributed by atoms with E-state index in [-0.39, 0.29) is 18.0 Å². The van der Waals surface area contributed by atoms with Crippen molar-refractivity contribution in [1.82, 2.24) is 9.97 Å². The van der Waals surface area contributed by atoms with Crippen LogP contribution >= 0.6 is 0 Å². The highest BCUT2D eigenvalue weighted by molar-refractivity contribution is 6.00. The monoisotopic (exact) mass is 320 g/mol. The van der Waals surface area contributed by atoms with E-state index < -0.39 is 6.36 Å². The zero-order chi connectivity index (χ0) is 16.4. The number of aromatic nitrogens is 2. The second-order valence-corrected chi connectivity index (χ2v) is 4.94. The maximum absolute atomic E-state index is 12.2. The van der Waals surface area contributed by atoms with Gasteiger partial charge in [0.25, 0.3) is 0 Å². The zero-order valence-corrected chi connectivity index (χ0v) is 11.7. The minimum Gasteiger partial charge on any atom is -0.406 e. The summed E-state index contributed by atoms with van der Waals surface area (Å²) < 4.78 is 40.5. The van der Waals surface area contributed by atoms with E-state index in [9.17, 15) is 18.0 Å². The number of aromatic amines is 1. The molecule has 23 heavy (non-hydrogen) atoms. The van der Waals surface area contributed by atoms with Gasteiger partial charge in [-0.2, -0.15) is 0 Å². The molecular weight excluding hydrogens is 309 g/mol. The van der Waals surface area contributed by atoms with Crippen molar-refractivity contribution in [2.75, 3.05) is 0 Å². The van der Waals surface area contributed by atoms with Crippen molar-refractivity contribution in [3.8, 4) is 5.75 Å². The van der Waals surface area contributed by atoms with E-state index in [1.54, 1.807) is 24.5 Å². The van der Waals surface area contributed by atoms with E-state index in [0.717, 1.165) is 5.56 Å². The minimum atomic E-state index is -4.75. The van der Waals surface area contributed by atoms with Gasteiger partial charge in [0.1, 0.15) is 5.75 Å². The van der Waals surface area contributed by atoms with Gasteiger partial charge < -0.3 is 9.72 Å². The highest BCUT2D eigenvalue weighted by Crippen LogP contribution is 2.27. The van der Waals surface area contributed by atoms with Crippen LogP contribution in [0.5, 0.6) is 5.75 Å². The lowest BCUT2D eigenvalue weighted by Crippen LogP contribution is -2.16. The van der Waals surface area contributed by atoms with Gasteiger partial charge in [0.15, 0.2) is 5.78 Å². The van der Waals surface area contributed by atoms with Crippen molar-refractivity contribution in [1.29, 1.82) is 0 Å². The first-order valence-electron chi connectivity index (χ1n) is 6.71. The molecule has 0 aliphatic rings. The highest BCUT2D eigenvalue weighted by Gasteiger charge is 2.31. The fraction of sp³-hybridized carbons (Fsp3) is 0.125. The minimum absolute atomic E-state index is 0.159. The Morgan fingerprint density at radius 1 is 1.22 bits per heavy atom. The maximum Gasteiger partial charge on any atom is 0.573 e. The molecule has 0 atom stereocenters. The number of hydrogen-bond acceptors (Lipinski definition) is 3. The molecule has 2 aromatic heterocycles. The first kappa shape index (κ1) is 15.1. The third-order valence-corrected chi connectivity index (χ3v) is 3.21. The van der Waals surface area contributed by atoms with Crippen molar-refractivity contribution < 1.29 is 22.7 Å². The largest absolute Gasteiger partial charge is 0.573 e. The van der Waals surface area contributed by atoms with Crippen molar-refractivity contribution in [3.63, 3.8) is 0 Å². The number of nitrogens with zero attached hydrogens (tertiary/aromatic N) is 1. The number of ketones is 1. The van der Waals surface area contributed by atoms with Gasteiger partial charge in [-0.15, -0.1) is 13.2 Å². The standard InChI is InChI=1S/C16H11F3N2O2/c17-16(18,19)23-12-3-4-13-11(7-12)8-14(21-13)15(22)6-10-2-1-5-20-9-10/h1-5,7-9,21H,6H2. The van der Waals surface area contributed by atoms with E-state index in [4.69, 9.17) is 0 Å². The molecule has 0 saturated heterocycles. The number of fused-ring (bicyclic) bond motifs is 1. The molecule has 0 fully saturated rings. The number of alkyl halides is 3. The Morgan fingerprint density at radius 3 is 2.74 bits per heavy atom. The van der Waals surface area contributed by atoms with E-state index in [1.165, 1.54) is 24.3 Å². The van der Waals surface area contributed by atoms with Gasteiger partial charge in [-0.05, 0) is 35.9 Å². The Labute approximate surface area is 128 Å². The summed E-state index contributed by atoms with van der Waals surface area (Å²) in [5, 5.41) is 0.473. The first-order chi connectivity index (χ1) is 10.9. The molecule has 0 bridgehead atoms. The van der Waals surface area contributed by atoms with Gasteiger partial charge in [-0.25, -0.2) is 0 Å². The topological polar surface area (TPSA) is 55.0 Å². The molecule has 4 nitrogen and oxygen atoms in total. The van der Waals surface area contributed by atoms with Crippen molar-refractivity contribution in [2.45, 2.75) is 12.8 Å². The van der Waals surface area contributed by atoms with Crippen LogP contribution in [-0.2, 0) is 6.42 Å². The molecule has 1 aromatic carbocycles. The van der Waals surface area contributed by atoms with E-state index in [1.807, 2.05) is 0 Å². The number of Topliss-reactive ketones (excluding diaryl/α,β-unsaturated/α-hetero) is 1. The van der Waals surface area contributed by atoms with Crippen LogP contribution < -0.4 is 4.74 Å². The molecule has 0 amide bonds. The average molecular weight is 320 g/mol. The molecule has 118 valence electrons. The molecule has 0 aliphatic heterocycles. The molecule has 3 aromatic rings. The summed E-state index contributed by atoms with van der Waals surface area (Å²) in [5.74, 6) is -0.497. The molecule has 0 aliphatic carbocycles. The van der Waals surface area contributed by atoms with E-state index >= 15 is 0 Å². The molecular formula is C16H11F3N2O2. The number of nitrogens with one attached hydrogen (secondary N) is 1. The molecule has 0 saturated carbocycles. The molecule has 2 heterocycles. The number of halogens is 3. The summed E-state index contributed by atoms with van der Waals surface area (Å²) in [6.45, 7) is 0. The second kappa shape index (κ2) is 5.75. The summed E-state index contributed by atoms with van der Waals surface area (Å²) in [7, 11) is 0. The smallest absolute Gasteiger partial charge is 0.406 e. The van der Waals surface area contributed by atoms with Crippen molar-refractivity contribution >= 4 is 16.7 Å². The average Bonchev–Trinajstić information content (AvgIpc) is 2.90. The Balaban J connectivity index is 1.83. The molecule has 0 radical (unpaired) electrons. The summed E-state index contributed by atoms with van der Waals surface area (Å²) in [6.07, 6.45) is -1.38. The van der Waals surface area contributed by atoms with Gasteiger partial charge >= 0.3 is 6.36 Å². The summed E-state index contributed by atoms with van der Waals surface area (Å²) in [6, 6.07) is 8.90. The number of carbonyl (C=O) groups excluding carboxylic acids is 1. The van der Waals surface area contributed by atoms with Crippen LogP contribution in [0.25, 0.3) is 10.9 Å². The summed E-state index contributed by atoms with van der Waals surface area (Å²) in [5.41, 5.74) is 1.65. The third-order valence-electron chi connectivity index (χ3n) is 3.21. The van der Waals surface area contributed by atoms with Gasteiger partial charge in [0, 0.05) is 29.7 Å². The predicted octanol–water partition coefficient (Wildman–Crippen LogP) is 3.89. The van der Waals surface area contributed by atoms with Crippen molar-refractivity contribution in [2.24, 2.45) is 0 Å². The SMILES string of the molecule is O=C(Cc1cccnc1)c1cc2cc(OC(F)(F)F)ccc2[nH]1. The Morgan fingerprint density at radius 2 is 2.04 bits per heavy atom. The fourth-order valence-corrected chi connectivity index (χ4v) is 2.24. The number of pyridine rings is 1. The first-order valence-corrected chi connectivity index (χ1v) is 6.71. The fourth-order valence-electron chi connectivity index (χ4n) is 2.24. The zero-order valence-electron chi connectivity index (χ0n) is 11.7. The van der Waals surface area contributed by atoms with Crippen LogP contribution in [0.15, 0.2) is 48.8 Å². The van der Waals surface area contributed by atoms with Gasteiger partial charge in [0.2, 0.25) is 0 Å². The normalized spacial score (nSPS) is 11.6. The Kier molecular flexibility index (Phi) is 3.77. The Bertz CT molecular complexity index is 841. The van der Waals surface area contributed by atoms with Gasteiger partial charge in [-0.3, -0.25) is 9.78 Å². The van der Waals surface area contributed by atoms with Crippen molar-refractivity contribution in [3.05, 3.63) is 60.0 Å². The van der Waals surface area contributed by atoms with Crippen LogP contribution in [0.3, 0.4) is 0 Å². The maximum atomic E-state index is 12.2. The lowest BCUT2D eigenvalue weighted by Gasteiger charge is -2.08. The van der Waals surface area contributed by atoms with Gasteiger partial charge in [-0.1, -0.05) is 6.07 Å². The lowest BCUT2D eigenvalue weighted by atomic mass is 10.1. The number of ether oxygens (including phenoxy) is 1. The number of benzene rings is 1. The van der Waals surface area contributed by atoms with Crippen LogP contribution in [-0.4, -0.2) is 22.1 Å². The number of rotatable bonds is 4. The van der Waals surface area contributed by atoms with Crippen LogP contribution in [0, 0.1) is 0 Å². The molecule has 7 heteroatoms. The van der Waals surface area contributed by atoms with E-state index in [0.29, 0.717) is 16.6 Å². The second-order valence-electron chi connectivity index (χ2n) is 4.94. The van der Waals surface area contributed by atoms with Crippen LogP contribution in [0.1, 0.15) is 16.1 Å². The number of H-pyrrole nitrogens is 1. The van der Waals surface area contributed by atoms with E-state index in [2.05, 4.69) is 14.7 Å². The highest BCUT2D eigenvalue weighted by atomic mass is 19.4. The quantitative estimate of drug-likeness (QED) is 0.742. The third kappa shape index (κ3) is 3.68. The lowest BCUT2D eigenvalue weighted by molar-refractivity contribution is -0.274. The Hall–Kier alpha value is -2.83. The van der Waals surface area contributed by atoms with Gasteiger partial charge in [0.05, 0.1) is 5.69 Å². The van der Waals surface area contributed by atoms with Crippen LogP contribution in [0.2, 0.25) is 0 Å². The molecule has 0 spiro atoms. The summed E-state index contributed by atoms with van der Waals surface area (Å²) >= 11 is 0. The molecule has 1 N–H and O–H groups in total. The number of carbonyl (C=O) groups is 1.